The van der Waals surface area contributed by atoms with Gasteiger partial charge in [-0.2, -0.15) is 0 Å². The van der Waals surface area contributed by atoms with Crippen molar-refractivity contribution in [2.45, 2.75) is 18.4 Å². The van der Waals surface area contributed by atoms with Crippen molar-refractivity contribution in [3.05, 3.63) is 0 Å². The molecule has 0 aliphatic carbocycles. The number of rotatable bonds is 1. The third-order valence-electron chi connectivity index (χ3n) is 4.67. The molecule has 0 radical (unpaired) electrons. The summed E-state index contributed by atoms with van der Waals surface area (Å²) in [4.78, 5) is 28.0. The van der Waals surface area contributed by atoms with E-state index in [1.54, 1.807) is 11.9 Å². The average Bonchev–Trinajstić information content (AvgIpc) is 2.67. The van der Waals surface area contributed by atoms with E-state index in [1.807, 2.05) is 4.90 Å². The molecule has 0 aromatic rings. The molecule has 0 aromatic heterocycles. The molecule has 7 nitrogen and oxygen atoms in total. The monoisotopic (exact) mass is 312 g/mol. The van der Waals surface area contributed by atoms with Crippen LogP contribution in [0.25, 0.3) is 0 Å². The van der Waals surface area contributed by atoms with Crippen LogP contribution in [0.15, 0.2) is 0 Å². The van der Waals surface area contributed by atoms with Crippen molar-refractivity contribution in [3.8, 4) is 0 Å². The van der Waals surface area contributed by atoms with Gasteiger partial charge in [0.05, 0.1) is 26.3 Å². The summed E-state index contributed by atoms with van der Waals surface area (Å²) < 4.78 is 16.7. The number of ether oxygens (including phenoxy) is 3. The fourth-order valence-corrected chi connectivity index (χ4v) is 3.42. The molecule has 0 bridgehead atoms. The normalized spacial score (nSPS) is 31.4. The summed E-state index contributed by atoms with van der Waals surface area (Å²) in [5, 5.41) is 0. The van der Waals surface area contributed by atoms with Crippen molar-refractivity contribution in [3.63, 3.8) is 0 Å². The molecule has 7 heteroatoms. The molecule has 3 rings (SSSR count). The second kappa shape index (κ2) is 6.52. The van der Waals surface area contributed by atoms with E-state index in [4.69, 9.17) is 14.2 Å². The second-order valence-corrected chi connectivity index (χ2v) is 6.42. The quantitative estimate of drug-likeness (QED) is 0.653. The zero-order chi connectivity index (χ0) is 15.6. The number of morpholine rings is 1. The predicted octanol–water partition coefficient (Wildman–Crippen LogP) is -0.501. The SMILES string of the molecule is CN1CC2(COCC1=O)CN(C(=O)C1CCOCC1)CCO2. The Morgan fingerprint density at radius 3 is 2.73 bits per heavy atom. The van der Waals surface area contributed by atoms with Crippen LogP contribution < -0.4 is 0 Å². The molecule has 1 spiro atoms. The molecule has 1 atom stereocenters. The molecule has 3 fully saturated rings. The molecule has 1 unspecified atom stereocenters. The van der Waals surface area contributed by atoms with Crippen LogP contribution in [0.3, 0.4) is 0 Å². The average molecular weight is 312 g/mol. The number of nitrogens with zero attached hydrogens (tertiary/aromatic N) is 2. The summed E-state index contributed by atoms with van der Waals surface area (Å²) >= 11 is 0. The van der Waals surface area contributed by atoms with E-state index in [-0.39, 0.29) is 24.3 Å². The van der Waals surface area contributed by atoms with Crippen molar-refractivity contribution in [2.24, 2.45) is 5.92 Å². The van der Waals surface area contributed by atoms with Crippen LogP contribution in [-0.4, -0.2) is 86.9 Å². The zero-order valence-corrected chi connectivity index (χ0v) is 13.1. The first-order chi connectivity index (χ1) is 10.6. The maximum atomic E-state index is 12.7. The first-order valence-corrected chi connectivity index (χ1v) is 7.92. The maximum Gasteiger partial charge on any atom is 0.248 e. The number of carbonyl (C=O) groups is 2. The van der Waals surface area contributed by atoms with Gasteiger partial charge in [0, 0.05) is 32.7 Å². The van der Waals surface area contributed by atoms with Gasteiger partial charge in [-0.05, 0) is 12.8 Å². The third-order valence-corrected chi connectivity index (χ3v) is 4.67. The summed E-state index contributed by atoms with van der Waals surface area (Å²) in [5.74, 6) is 0.188. The van der Waals surface area contributed by atoms with Crippen LogP contribution in [-0.2, 0) is 23.8 Å². The molecule has 124 valence electrons. The molecule has 3 heterocycles. The summed E-state index contributed by atoms with van der Waals surface area (Å²) in [6, 6.07) is 0. The Kier molecular flexibility index (Phi) is 4.65. The van der Waals surface area contributed by atoms with Gasteiger partial charge >= 0.3 is 0 Å². The van der Waals surface area contributed by atoms with Gasteiger partial charge in [-0.25, -0.2) is 0 Å². The molecule has 22 heavy (non-hydrogen) atoms. The Bertz CT molecular complexity index is 438. The van der Waals surface area contributed by atoms with E-state index < -0.39 is 5.60 Å². The first kappa shape index (κ1) is 15.7. The highest BCUT2D eigenvalue weighted by molar-refractivity contribution is 5.79. The van der Waals surface area contributed by atoms with Crippen LogP contribution in [0.2, 0.25) is 0 Å². The van der Waals surface area contributed by atoms with Crippen LogP contribution >= 0.6 is 0 Å². The Labute approximate surface area is 130 Å². The Balaban J connectivity index is 1.67. The van der Waals surface area contributed by atoms with Crippen LogP contribution in [0.1, 0.15) is 12.8 Å². The van der Waals surface area contributed by atoms with Gasteiger partial charge in [0.15, 0.2) is 0 Å². The molecule has 0 saturated carbocycles. The van der Waals surface area contributed by atoms with E-state index in [2.05, 4.69) is 0 Å². The number of hydrogen-bond acceptors (Lipinski definition) is 5. The molecule has 3 saturated heterocycles. The Morgan fingerprint density at radius 2 is 1.95 bits per heavy atom. The van der Waals surface area contributed by atoms with E-state index in [0.29, 0.717) is 46.1 Å². The van der Waals surface area contributed by atoms with Crippen molar-refractivity contribution < 1.29 is 23.8 Å². The standard InChI is InChI=1S/C15H24N2O5/c1-16-9-15(11-21-8-13(16)18)10-17(4-7-22-15)14(19)12-2-5-20-6-3-12/h12H,2-11H2,1H3. The molecule has 3 aliphatic heterocycles. The van der Waals surface area contributed by atoms with Gasteiger partial charge in [0.1, 0.15) is 12.2 Å². The highest BCUT2D eigenvalue weighted by atomic mass is 16.5. The van der Waals surface area contributed by atoms with E-state index in [9.17, 15) is 9.59 Å². The maximum absolute atomic E-state index is 12.7. The Hall–Kier alpha value is -1.18. The zero-order valence-electron chi connectivity index (χ0n) is 13.1. The lowest BCUT2D eigenvalue weighted by Crippen LogP contribution is -2.60. The molecule has 3 aliphatic rings. The summed E-state index contributed by atoms with van der Waals surface area (Å²) in [6.07, 6.45) is 1.58. The number of carbonyl (C=O) groups excluding carboxylic acids is 2. The predicted molar refractivity (Wildman–Crippen MR) is 77.3 cm³/mol. The minimum absolute atomic E-state index is 0.0478. The largest absolute Gasteiger partial charge is 0.381 e. The second-order valence-electron chi connectivity index (χ2n) is 6.42. The van der Waals surface area contributed by atoms with Crippen molar-refractivity contribution in [1.29, 1.82) is 0 Å². The Morgan fingerprint density at radius 1 is 1.18 bits per heavy atom. The van der Waals surface area contributed by atoms with E-state index in [1.165, 1.54) is 0 Å². The van der Waals surface area contributed by atoms with Gasteiger partial charge in [0.2, 0.25) is 11.8 Å². The minimum Gasteiger partial charge on any atom is -0.381 e. The fraction of sp³-hybridized carbons (Fsp3) is 0.867. The lowest BCUT2D eigenvalue weighted by atomic mass is 9.96. The van der Waals surface area contributed by atoms with Crippen molar-refractivity contribution in [2.75, 3.05) is 59.7 Å². The van der Waals surface area contributed by atoms with Crippen molar-refractivity contribution >= 4 is 11.8 Å². The van der Waals surface area contributed by atoms with Gasteiger partial charge in [0.25, 0.3) is 0 Å². The smallest absolute Gasteiger partial charge is 0.248 e. The molecular weight excluding hydrogens is 288 g/mol. The number of amides is 2. The summed E-state index contributed by atoms with van der Waals surface area (Å²) in [6.45, 7) is 3.79. The van der Waals surface area contributed by atoms with Crippen LogP contribution in [0, 0.1) is 5.92 Å². The third kappa shape index (κ3) is 3.26. The first-order valence-electron chi connectivity index (χ1n) is 7.92. The molecule has 0 N–H and O–H groups in total. The van der Waals surface area contributed by atoms with Gasteiger partial charge in [-0.1, -0.05) is 0 Å². The van der Waals surface area contributed by atoms with Crippen molar-refractivity contribution in [1.82, 2.24) is 9.80 Å². The summed E-state index contributed by atoms with van der Waals surface area (Å²) in [5.41, 5.74) is -0.597. The molecule has 0 aromatic carbocycles. The van der Waals surface area contributed by atoms with E-state index >= 15 is 0 Å². The molecular formula is C15H24N2O5. The fourth-order valence-electron chi connectivity index (χ4n) is 3.42. The highest BCUT2D eigenvalue weighted by Gasteiger charge is 2.43. The minimum atomic E-state index is -0.597. The summed E-state index contributed by atoms with van der Waals surface area (Å²) in [7, 11) is 1.75. The lowest BCUT2D eigenvalue weighted by molar-refractivity contribution is -0.166. The molecule has 2 amide bonds. The van der Waals surface area contributed by atoms with Gasteiger partial charge in [-0.15, -0.1) is 0 Å². The topological polar surface area (TPSA) is 68.3 Å². The van der Waals surface area contributed by atoms with E-state index in [0.717, 1.165) is 12.8 Å². The van der Waals surface area contributed by atoms with Gasteiger partial charge in [-0.3, -0.25) is 9.59 Å². The van der Waals surface area contributed by atoms with Crippen LogP contribution in [0.4, 0.5) is 0 Å². The number of hydrogen-bond donors (Lipinski definition) is 0. The highest BCUT2D eigenvalue weighted by Crippen LogP contribution is 2.25. The van der Waals surface area contributed by atoms with Gasteiger partial charge < -0.3 is 24.0 Å². The van der Waals surface area contributed by atoms with Crippen LogP contribution in [0.5, 0.6) is 0 Å². The number of likely N-dealkylation sites (N-methyl/N-ethyl adjacent to an activating group) is 1. The lowest BCUT2D eigenvalue weighted by Gasteiger charge is -2.43.